The summed E-state index contributed by atoms with van der Waals surface area (Å²) in [6, 6.07) is 8.03. The number of aryl methyl sites for hydroxylation is 1. The van der Waals surface area contributed by atoms with Gasteiger partial charge >= 0.3 is 0 Å². The summed E-state index contributed by atoms with van der Waals surface area (Å²) in [4.78, 5) is 6.93. The van der Waals surface area contributed by atoms with Crippen molar-refractivity contribution in [2.45, 2.75) is 6.04 Å². The van der Waals surface area contributed by atoms with Crippen molar-refractivity contribution in [2.24, 2.45) is 7.05 Å². The van der Waals surface area contributed by atoms with E-state index in [-0.39, 0.29) is 18.4 Å². The summed E-state index contributed by atoms with van der Waals surface area (Å²) in [6.07, 6.45) is 3.85. The number of methoxy groups -OCH3 is 1. The molecule has 1 N–H and O–H groups in total. The fraction of sp³-hybridized carbons (Fsp3) is 0.471. The summed E-state index contributed by atoms with van der Waals surface area (Å²) in [7, 11) is 3.70. The van der Waals surface area contributed by atoms with E-state index in [9.17, 15) is 0 Å². The number of hydrogen-bond acceptors (Lipinski definition) is 5. The predicted molar refractivity (Wildman–Crippen MR) is 96.1 cm³/mol. The molecule has 0 bridgehead atoms. The highest BCUT2D eigenvalue weighted by Gasteiger charge is 2.26. The Morgan fingerprint density at radius 3 is 2.79 bits per heavy atom. The maximum atomic E-state index is 5.91. The van der Waals surface area contributed by atoms with Crippen molar-refractivity contribution in [2.75, 3.05) is 39.9 Å². The number of rotatable bonds is 6. The van der Waals surface area contributed by atoms with E-state index in [0.29, 0.717) is 6.61 Å². The summed E-state index contributed by atoms with van der Waals surface area (Å²) in [5.74, 6) is 2.65. The molecule has 1 aliphatic heterocycles. The number of hydrogen-bond donors (Lipinski definition) is 1. The molecule has 0 aliphatic carbocycles. The fourth-order valence-electron chi connectivity index (χ4n) is 2.98. The molecule has 0 radical (unpaired) electrons. The van der Waals surface area contributed by atoms with E-state index in [1.807, 2.05) is 43.7 Å². The Bertz CT molecular complexity index is 635. The SMILES string of the molecule is COc1ccccc1OCCN1CCNCC1c1nccn1C.Cl. The number of nitrogens with zero attached hydrogens (tertiary/aromatic N) is 3. The molecule has 1 atom stereocenters. The Kier molecular flexibility index (Phi) is 6.90. The van der Waals surface area contributed by atoms with Gasteiger partial charge in [0, 0.05) is 45.6 Å². The summed E-state index contributed by atoms with van der Waals surface area (Å²) >= 11 is 0. The zero-order valence-corrected chi connectivity index (χ0v) is 15.0. The van der Waals surface area contributed by atoms with Gasteiger partial charge < -0.3 is 19.4 Å². The lowest BCUT2D eigenvalue weighted by molar-refractivity contribution is 0.126. The standard InChI is InChI=1S/C17H24N4O2.ClH/c1-20-9-8-19-17(20)14-13-18-7-10-21(14)11-12-23-16-6-4-3-5-15(16)22-2;/h3-6,8-9,14,18H,7,10-13H2,1-2H3;1H. The Balaban J connectivity index is 0.00000208. The van der Waals surface area contributed by atoms with Crippen molar-refractivity contribution in [3.8, 4) is 11.5 Å². The monoisotopic (exact) mass is 352 g/mol. The van der Waals surface area contributed by atoms with Crippen LogP contribution in [-0.4, -0.2) is 54.3 Å². The molecule has 1 unspecified atom stereocenters. The van der Waals surface area contributed by atoms with Crippen LogP contribution in [0.25, 0.3) is 0 Å². The average Bonchev–Trinajstić information content (AvgIpc) is 3.01. The highest BCUT2D eigenvalue weighted by atomic mass is 35.5. The Morgan fingerprint density at radius 1 is 1.29 bits per heavy atom. The molecular weight excluding hydrogens is 328 g/mol. The molecule has 2 heterocycles. The van der Waals surface area contributed by atoms with Crippen LogP contribution in [-0.2, 0) is 7.05 Å². The zero-order chi connectivity index (χ0) is 16.1. The second-order valence-electron chi connectivity index (χ2n) is 5.65. The number of piperazine rings is 1. The Morgan fingerprint density at radius 2 is 2.08 bits per heavy atom. The first-order valence-corrected chi connectivity index (χ1v) is 7.97. The molecule has 24 heavy (non-hydrogen) atoms. The smallest absolute Gasteiger partial charge is 0.161 e. The largest absolute Gasteiger partial charge is 0.493 e. The van der Waals surface area contributed by atoms with Gasteiger partial charge in [0.05, 0.1) is 13.2 Å². The Hall–Kier alpha value is -1.76. The number of benzene rings is 1. The van der Waals surface area contributed by atoms with Crippen molar-refractivity contribution in [1.29, 1.82) is 0 Å². The number of halogens is 1. The second kappa shape index (κ2) is 8.92. The summed E-state index contributed by atoms with van der Waals surface area (Å²) in [5, 5.41) is 3.45. The fourth-order valence-corrected chi connectivity index (χ4v) is 2.98. The van der Waals surface area contributed by atoms with Gasteiger partial charge in [0.15, 0.2) is 11.5 Å². The van der Waals surface area contributed by atoms with Crippen LogP contribution >= 0.6 is 12.4 Å². The topological polar surface area (TPSA) is 51.6 Å². The molecule has 1 fully saturated rings. The third-order valence-electron chi connectivity index (χ3n) is 4.22. The minimum Gasteiger partial charge on any atom is -0.493 e. The van der Waals surface area contributed by atoms with E-state index in [4.69, 9.17) is 9.47 Å². The minimum atomic E-state index is 0. The summed E-state index contributed by atoms with van der Waals surface area (Å²) in [6.45, 7) is 4.39. The van der Waals surface area contributed by atoms with E-state index < -0.39 is 0 Å². The van der Waals surface area contributed by atoms with Crippen LogP contribution in [0.2, 0.25) is 0 Å². The highest BCUT2D eigenvalue weighted by molar-refractivity contribution is 5.85. The molecule has 1 aliphatic rings. The Labute approximate surface area is 149 Å². The van der Waals surface area contributed by atoms with Crippen molar-refractivity contribution in [1.82, 2.24) is 19.8 Å². The lowest BCUT2D eigenvalue weighted by Crippen LogP contribution is -2.48. The van der Waals surface area contributed by atoms with Gasteiger partial charge in [0.25, 0.3) is 0 Å². The molecule has 3 rings (SSSR count). The van der Waals surface area contributed by atoms with Gasteiger partial charge in [-0.3, -0.25) is 4.90 Å². The molecule has 0 amide bonds. The van der Waals surface area contributed by atoms with Crippen molar-refractivity contribution in [3.05, 3.63) is 42.5 Å². The maximum absolute atomic E-state index is 5.91. The lowest BCUT2D eigenvalue weighted by Gasteiger charge is -2.35. The van der Waals surface area contributed by atoms with Gasteiger partial charge in [0.1, 0.15) is 12.4 Å². The van der Waals surface area contributed by atoms with E-state index >= 15 is 0 Å². The zero-order valence-electron chi connectivity index (χ0n) is 14.1. The molecular formula is C17H25ClN4O2. The summed E-state index contributed by atoms with van der Waals surface area (Å²) < 4.78 is 13.3. The lowest BCUT2D eigenvalue weighted by atomic mass is 10.2. The normalized spacial score (nSPS) is 18.0. The van der Waals surface area contributed by atoms with E-state index in [1.54, 1.807) is 7.11 Å². The quantitative estimate of drug-likeness (QED) is 0.860. The third-order valence-corrected chi connectivity index (χ3v) is 4.22. The van der Waals surface area contributed by atoms with E-state index in [0.717, 1.165) is 43.5 Å². The molecule has 0 saturated carbocycles. The maximum Gasteiger partial charge on any atom is 0.161 e. The van der Waals surface area contributed by atoms with Crippen molar-refractivity contribution in [3.63, 3.8) is 0 Å². The van der Waals surface area contributed by atoms with Crippen LogP contribution in [0.5, 0.6) is 11.5 Å². The first-order valence-electron chi connectivity index (χ1n) is 7.97. The van der Waals surface area contributed by atoms with Crippen LogP contribution in [0.3, 0.4) is 0 Å². The van der Waals surface area contributed by atoms with E-state index in [2.05, 4.69) is 19.8 Å². The average molecular weight is 353 g/mol. The van der Waals surface area contributed by atoms with Crippen LogP contribution in [0.4, 0.5) is 0 Å². The van der Waals surface area contributed by atoms with Crippen LogP contribution in [0.1, 0.15) is 11.9 Å². The van der Waals surface area contributed by atoms with Gasteiger partial charge in [-0.2, -0.15) is 0 Å². The van der Waals surface area contributed by atoms with Crippen molar-refractivity contribution >= 4 is 12.4 Å². The number of nitrogens with one attached hydrogen (secondary N) is 1. The predicted octanol–water partition coefficient (Wildman–Crippen LogP) is 1.88. The van der Waals surface area contributed by atoms with Crippen LogP contribution in [0, 0.1) is 0 Å². The number of para-hydroxylation sites is 2. The van der Waals surface area contributed by atoms with Gasteiger partial charge in [-0.1, -0.05) is 12.1 Å². The number of imidazole rings is 1. The number of aromatic nitrogens is 2. The molecule has 1 aromatic carbocycles. The minimum absolute atomic E-state index is 0. The van der Waals surface area contributed by atoms with Crippen LogP contribution < -0.4 is 14.8 Å². The van der Waals surface area contributed by atoms with Crippen molar-refractivity contribution < 1.29 is 9.47 Å². The van der Waals surface area contributed by atoms with Crippen LogP contribution in [0.15, 0.2) is 36.7 Å². The molecule has 1 aromatic heterocycles. The first-order chi connectivity index (χ1) is 11.3. The molecule has 2 aromatic rings. The number of ether oxygens (including phenoxy) is 2. The van der Waals surface area contributed by atoms with E-state index in [1.165, 1.54) is 0 Å². The second-order valence-corrected chi connectivity index (χ2v) is 5.65. The molecule has 7 heteroatoms. The molecule has 1 saturated heterocycles. The highest BCUT2D eigenvalue weighted by Crippen LogP contribution is 2.26. The third kappa shape index (κ3) is 4.20. The summed E-state index contributed by atoms with van der Waals surface area (Å²) in [5.41, 5.74) is 0. The molecule has 132 valence electrons. The van der Waals surface area contributed by atoms with Gasteiger partial charge in [-0.05, 0) is 12.1 Å². The molecule has 6 nitrogen and oxygen atoms in total. The molecule has 0 spiro atoms. The first kappa shape index (κ1) is 18.6. The van der Waals surface area contributed by atoms with Gasteiger partial charge in [-0.25, -0.2) is 4.98 Å². The van der Waals surface area contributed by atoms with Gasteiger partial charge in [-0.15, -0.1) is 12.4 Å². The van der Waals surface area contributed by atoms with Gasteiger partial charge in [0.2, 0.25) is 0 Å².